The number of anilines is 1. The fraction of sp³-hybridized carbons (Fsp3) is 0.250. The van der Waals surface area contributed by atoms with Gasteiger partial charge in [-0.1, -0.05) is 12.1 Å². The molecule has 0 aliphatic carbocycles. The van der Waals surface area contributed by atoms with Gasteiger partial charge in [-0.2, -0.15) is 5.10 Å². The molecule has 1 aromatic heterocycles. The molecule has 6 nitrogen and oxygen atoms in total. The van der Waals surface area contributed by atoms with Crippen molar-refractivity contribution in [1.29, 1.82) is 0 Å². The van der Waals surface area contributed by atoms with Gasteiger partial charge in [-0.3, -0.25) is 0 Å². The highest BCUT2D eigenvalue weighted by atomic mass is 16.3. The molecule has 2 aromatic rings. The molecule has 0 radical (unpaired) electrons. The molecule has 6 heteroatoms. The van der Waals surface area contributed by atoms with E-state index in [1.807, 2.05) is 12.1 Å². The number of hydrogen-bond acceptors (Lipinski definition) is 5. The highest BCUT2D eigenvalue weighted by Gasteiger charge is 2.24. The molecule has 1 atom stereocenters. The van der Waals surface area contributed by atoms with Crippen molar-refractivity contribution in [3.63, 3.8) is 0 Å². The van der Waals surface area contributed by atoms with Crippen molar-refractivity contribution in [3.05, 3.63) is 41.6 Å². The standard InChI is InChI=1S/C12H14N4O2/c17-5-4-9-7-11-13-14-12(16(11)15-9)8-2-1-3-10(18)6-8/h1-3,6-7,12-14,17-18H,4-5H2. The van der Waals surface area contributed by atoms with Gasteiger partial charge in [-0.25, -0.2) is 10.1 Å². The molecular weight excluding hydrogens is 232 g/mol. The number of benzene rings is 1. The molecule has 1 aromatic carbocycles. The van der Waals surface area contributed by atoms with E-state index in [1.165, 1.54) is 0 Å². The SMILES string of the molecule is OCCc1cc2n(n1)C(c1cccc(O)c1)NN2. The summed E-state index contributed by atoms with van der Waals surface area (Å²) in [5.41, 5.74) is 7.88. The van der Waals surface area contributed by atoms with Gasteiger partial charge in [0.2, 0.25) is 0 Å². The first-order chi connectivity index (χ1) is 8.78. The number of nitrogens with one attached hydrogen (secondary N) is 2. The molecule has 2 heterocycles. The van der Waals surface area contributed by atoms with Crippen LogP contribution in [0.3, 0.4) is 0 Å². The van der Waals surface area contributed by atoms with Crippen molar-refractivity contribution in [1.82, 2.24) is 15.2 Å². The Bertz CT molecular complexity index is 567. The number of phenolic OH excluding ortho intramolecular Hbond substituents is 1. The summed E-state index contributed by atoms with van der Waals surface area (Å²) in [6, 6.07) is 8.94. The van der Waals surface area contributed by atoms with Gasteiger partial charge in [-0.05, 0) is 17.7 Å². The van der Waals surface area contributed by atoms with Gasteiger partial charge in [0.25, 0.3) is 0 Å². The highest BCUT2D eigenvalue weighted by molar-refractivity contribution is 5.43. The fourth-order valence-corrected chi connectivity index (χ4v) is 2.09. The average Bonchev–Trinajstić information content (AvgIpc) is 2.88. The third-order valence-corrected chi connectivity index (χ3v) is 2.92. The lowest BCUT2D eigenvalue weighted by atomic mass is 10.2. The monoisotopic (exact) mass is 246 g/mol. The van der Waals surface area contributed by atoms with Crippen LogP contribution in [-0.4, -0.2) is 26.6 Å². The molecule has 0 saturated carbocycles. The number of aromatic hydroxyl groups is 1. The van der Waals surface area contributed by atoms with E-state index >= 15 is 0 Å². The van der Waals surface area contributed by atoms with Crippen molar-refractivity contribution < 1.29 is 10.2 Å². The molecule has 0 spiro atoms. The predicted octanol–water partition coefficient (Wildman–Crippen LogP) is 0.601. The average molecular weight is 246 g/mol. The summed E-state index contributed by atoms with van der Waals surface area (Å²) < 4.78 is 1.81. The summed E-state index contributed by atoms with van der Waals surface area (Å²) in [4.78, 5) is 0. The number of aliphatic hydroxyl groups excluding tert-OH is 1. The number of aliphatic hydroxyl groups is 1. The van der Waals surface area contributed by atoms with Gasteiger partial charge < -0.3 is 15.6 Å². The minimum atomic E-state index is -0.153. The molecule has 1 aliphatic heterocycles. The Morgan fingerprint density at radius 1 is 1.33 bits per heavy atom. The number of nitrogens with zero attached hydrogens (tertiary/aromatic N) is 2. The first-order valence-corrected chi connectivity index (χ1v) is 5.77. The molecule has 94 valence electrons. The van der Waals surface area contributed by atoms with Crippen molar-refractivity contribution in [2.24, 2.45) is 0 Å². The topological polar surface area (TPSA) is 82.3 Å². The Kier molecular flexibility index (Phi) is 2.66. The van der Waals surface area contributed by atoms with Gasteiger partial charge in [0, 0.05) is 19.1 Å². The third kappa shape index (κ3) is 1.81. The van der Waals surface area contributed by atoms with Crippen LogP contribution in [0.1, 0.15) is 17.4 Å². The summed E-state index contributed by atoms with van der Waals surface area (Å²) in [6.07, 6.45) is 0.383. The summed E-state index contributed by atoms with van der Waals surface area (Å²) in [5, 5.41) is 22.8. The van der Waals surface area contributed by atoms with E-state index in [0.717, 1.165) is 17.1 Å². The maximum Gasteiger partial charge on any atom is 0.146 e. The Morgan fingerprint density at radius 2 is 2.22 bits per heavy atom. The maximum absolute atomic E-state index is 9.50. The molecule has 0 saturated heterocycles. The first-order valence-electron chi connectivity index (χ1n) is 5.77. The van der Waals surface area contributed by atoms with Crippen LogP contribution in [0.15, 0.2) is 30.3 Å². The zero-order valence-corrected chi connectivity index (χ0v) is 9.67. The fourth-order valence-electron chi connectivity index (χ4n) is 2.09. The molecule has 1 unspecified atom stereocenters. The van der Waals surface area contributed by atoms with Crippen LogP contribution in [0.5, 0.6) is 5.75 Å². The van der Waals surface area contributed by atoms with E-state index in [-0.39, 0.29) is 18.5 Å². The maximum atomic E-state index is 9.50. The van der Waals surface area contributed by atoms with E-state index in [2.05, 4.69) is 16.0 Å². The van der Waals surface area contributed by atoms with Crippen molar-refractivity contribution in [3.8, 4) is 5.75 Å². The molecule has 1 aliphatic rings. The van der Waals surface area contributed by atoms with Crippen molar-refractivity contribution >= 4 is 5.82 Å². The zero-order valence-electron chi connectivity index (χ0n) is 9.67. The smallest absolute Gasteiger partial charge is 0.146 e. The second-order valence-corrected chi connectivity index (χ2v) is 4.21. The normalized spacial score (nSPS) is 17.5. The van der Waals surface area contributed by atoms with Gasteiger partial charge in [-0.15, -0.1) is 0 Å². The van der Waals surface area contributed by atoms with Crippen LogP contribution in [-0.2, 0) is 6.42 Å². The lowest BCUT2D eigenvalue weighted by Crippen LogP contribution is -2.23. The number of hydrogen-bond donors (Lipinski definition) is 4. The molecule has 0 amide bonds. The summed E-state index contributed by atoms with van der Waals surface area (Å²) in [5.74, 6) is 1.08. The third-order valence-electron chi connectivity index (χ3n) is 2.92. The van der Waals surface area contributed by atoms with Crippen molar-refractivity contribution in [2.75, 3.05) is 12.0 Å². The van der Waals surface area contributed by atoms with Crippen LogP contribution in [0.4, 0.5) is 5.82 Å². The molecule has 4 N–H and O–H groups in total. The van der Waals surface area contributed by atoms with E-state index in [4.69, 9.17) is 5.11 Å². The zero-order chi connectivity index (χ0) is 12.5. The van der Waals surface area contributed by atoms with Crippen LogP contribution < -0.4 is 10.9 Å². The van der Waals surface area contributed by atoms with Crippen LogP contribution in [0.2, 0.25) is 0 Å². The first kappa shape index (κ1) is 11.1. The number of rotatable bonds is 3. The summed E-state index contributed by atoms with van der Waals surface area (Å²) in [7, 11) is 0. The Labute approximate surface area is 104 Å². The Balaban J connectivity index is 1.94. The minimum Gasteiger partial charge on any atom is -0.508 e. The molecule has 0 fully saturated rings. The number of fused-ring (bicyclic) bond motifs is 1. The minimum absolute atomic E-state index is 0.0840. The van der Waals surface area contributed by atoms with E-state index in [9.17, 15) is 5.11 Å². The number of aromatic nitrogens is 2. The summed E-state index contributed by atoms with van der Waals surface area (Å²) >= 11 is 0. The van der Waals surface area contributed by atoms with E-state index in [1.54, 1.807) is 22.9 Å². The Morgan fingerprint density at radius 3 is 3.00 bits per heavy atom. The lowest BCUT2D eigenvalue weighted by Gasteiger charge is -2.12. The second-order valence-electron chi connectivity index (χ2n) is 4.21. The van der Waals surface area contributed by atoms with E-state index in [0.29, 0.717) is 6.42 Å². The van der Waals surface area contributed by atoms with Gasteiger partial charge in [0.05, 0.1) is 5.69 Å². The van der Waals surface area contributed by atoms with Crippen LogP contribution in [0, 0.1) is 0 Å². The Hall–Kier alpha value is -2.05. The van der Waals surface area contributed by atoms with Gasteiger partial charge in [0.1, 0.15) is 17.7 Å². The summed E-state index contributed by atoms with van der Waals surface area (Å²) in [6.45, 7) is 0.0840. The molecular formula is C12H14N4O2. The predicted molar refractivity (Wildman–Crippen MR) is 66.0 cm³/mol. The quantitative estimate of drug-likeness (QED) is 0.637. The number of phenols is 1. The van der Waals surface area contributed by atoms with E-state index < -0.39 is 0 Å². The number of hydrazine groups is 1. The highest BCUT2D eigenvalue weighted by Crippen LogP contribution is 2.27. The van der Waals surface area contributed by atoms with Crippen LogP contribution >= 0.6 is 0 Å². The molecule has 0 bridgehead atoms. The van der Waals surface area contributed by atoms with Crippen molar-refractivity contribution in [2.45, 2.75) is 12.6 Å². The largest absolute Gasteiger partial charge is 0.508 e. The van der Waals surface area contributed by atoms with Gasteiger partial charge >= 0.3 is 0 Å². The molecule has 18 heavy (non-hydrogen) atoms. The lowest BCUT2D eigenvalue weighted by molar-refractivity contribution is 0.297. The molecule has 3 rings (SSSR count). The van der Waals surface area contributed by atoms with Crippen LogP contribution in [0.25, 0.3) is 0 Å². The van der Waals surface area contributed by atoms with Gasteiger partial charge in [0.15, 0.2) is 0 Å². The second kappa shape index (κ2) is 4.32.